The molecule has 1 amide bonds. The van der Waals surface area contributed by atoms with Crippen LogP contribution in [0.3, 0.4) is 0 Å². The lowest BCUT2D eigenvalue weighted by Crippen LogP contribution is -2.43. The highest BCUT2D eigenvalue weighted by atomic mass is 16.5. The number of hydrogen-bond acceptors (Lipinski definition) is 20. The summed E-state index contributed by atoms with van der Waals surface area (Å²) in [6.45, 7) is 21.6. The van der Waals surface area contributed by atoms with Crippen LogP contribution in [-0.2, 0) is 44.6 Å². The van der Waals surface area contributed by atoms with E-state index in [-0.39, 0.29) is 38.6 Å². The molecule has 488 valence electrons. The molecule has 82 heavy (non-hydrogen) atoms. The van der Waals surface area contributed by atoms with Gasteiger partial charge in [0.15, 0.2) is 5.96 Å². The quantitative estimate of drug-likeness (QED) is 0.0245. The third kappa shape index (κ3) is 69.6. The van der Waals surface area contributed by atoms with Crippen molar-refractivity contribution in [3.05, 3.63) is 18.2 Å². The van der Waals surface area contributed by atoms with Gasteiger partial charge in [-0.15, -0.1) is 0 Å². The van der Waals surface area contributed by atoms with Gasteiger partial charge in [0, 0.05) is 71.4 Å². The Hall–Kier alpha value is -4.69. The number of nitrogens with two attached hydrogens (primary N) is 4. The summed E-state index contributed by atoms with van der Waals surface area (Å²) in [7, 11) is 1.68. The molecule has 0 aliphatic carbocycles. The first-order valence-electron chi connectivity index (χ1n) is 28.8. The average molecular weight is 1190 g/mol. The molecule has 8 unspecified atom stereocenters. The molecule has 0 saturated carbocycles. The van der Waals surface area contributed by atoms with Crippen molar-refractivity contribution in [3.63, 3.8) is 0 Å². The van der Waals surface area contributed by atoms with E-state index in [1.165, 1.54) is 19.2 Å². The fourth-order valence-electron chi connectivity index (χ4n) is 5.50. The van der Waals surface area contributed by atoms with Crippen molar-refractivity contribution in [1.82, 2.24) is 31.2 Å². The van der Waals surface area contributed by atoms with E-state index in [2.05, 4.69) is 57.0 Å². The molecule has 0 spiro atoms. The number of aliphatic hydroxyl groups excluding tert-OH is 5. The summed E-state index contributed by atoms with van der Waals surface area (Å²) in [5.41, 5.74) is 21.3. The fraction of sp³-hybridized carbons (Fsp3) is 0.833. The summed E-state index contributed by atoms with van der Waals surface area (Å²) in [4.78, 5) is 64.2. The lowest BCUT2D eigenvalue weighted by molar-refractivity contribution is -0.141. The topological polar surface area (TPSA) is 488 Å². The number of amides is 1. The number of hydrogen-bond donors (Lipinski definition) is 18. The molecule has 1 heterocycles. The highest BCUT2D eigenvalue weighted by molar-refractivity contribution is 5.83. The zero-order valence-corrected chi connectivity index (χ0v) is 51.1. The predicted octanol–water partition coefficient (Wildman–Crippen LogP) is 0.885. The molecule has 1 aromatic heterocycles. The number of carboxylic acids is 4. The van der Waals surface area contributed by atoms with E-state index in [1.54, 1.807) is 20.2 Å². The second-order valence-electron chi connectivity index (χ2n) is 18.4. The molecule has 0 bridgehead atoms. The normalized spacial score (nSPS) is 13.3. The molecule has 8 atom stereocenters. The Morgan fingerprint density at radius 3 is 1.32 bits per heavy atom. The van der Waals surface area contributed by atoms with Crippen molar-refractivity contribution in [2.75, 3.05) is 86.0 Å². The second-order valence-corrected chi connectivity index (χ2v) is 18.4. The molecular weight excluding hydrogens is 1070 g/mol. The monoisotopic (exact) mass is 1190 g/mol. The highest BCUT2D eigenvalue weighted by Gasteiger charge is 2.21. The number of methoxy groups -OCH3 is 1. The van der Waals surface area contributed by atoms with Crippen LogP contribution in [0.2, 0.25) is 0 Å². The van der Waals surface area contributed by atoms with E-state index >= 15 is 0 Å². The molecular formula is C54H115N11O17. The van der Waals surface area contributed by atoms with Crippen LogP contribution in [0.1, 0.15) is 157 Å². The molecule has 28 nitrogen and oxygen atoms in total. The zero-order chi connectivity index (χ0) is 63.9. The number of ether oxygens (including phenoxy) is 3. The molecule has 22 N–H and O–H groups in total. The summed E-state index contributed by atoms with van der Waals surface area (Å²) < 4.78 is 14.7. The molecule has 0 aromatic carbocycles. The van der Waals surface area contributed by atoms with Gasteiger partial charge in [0.1, 0.15) is 24.2 Å². The number of aliphatic imine (C=N–C) groups is 1. The first kappa shape index (κ1) is 88.5. The van der Waals surface area contributed by atoms with Gasteiger partial charge in [-0.05, 0) is 70.8 Å². The molecule has 28 heteroatoms. The van der Waals surface area contributed by atoms with Crippen molar-refractivity contribution in [2.45, 2.75) is 207 Å². The summed E-state index contributed by atoms with van der Waals surface area (Å²) in [6, 6.07) is -2.96. The van der Waals surface area contributed by atoms with Gasteiger partial charge in [-0.3, -0.25) is 29.0 Å². The van der Waals surface area contributed by atoms with Gasteiger partial charge in [-0.25, -0.2) is 4.98 Å². The van der Waals surface area contributed by atoms with Gasteiger partial charge in [-0.2, -0.15) is 0 Å². The van der Waals surface area contributed by atoms with E-state index < -0.39 is 78.4 Å². The SMILES string of the molecule is CCC(O)CNC(CC(N)=O)C(=O)O.CCC(O)CNC(CCCCCN)C(=O)O.CCC(O)CNC(CCCN=C(N)N)C(=O)O.CCC(O)CNC(Cc1cnc[nH]1)C(=O)O.CCCC.CCCOCCO.CCCOCCOC. The largest absolute Gasteiger partial charge is 0.480 e. The van der Waals surface area contributed by atoms with Crippen LogP contribution in [0.25, 0.3) is 0 Å². The van der Waals surface area contributed by atoms with Crippen LogP contribution in [0.4, 0.5) is 0 Å². The van der Waals surface area contributed by atoms with Crippen LogP contribution >= 0.6 is 0 Å². The van der Waals surface area contributed by atoms with Gasteiger partial charge < -0.3 is 109 Å². The first-order valence-corrected chi connectivity index (χ1v) is 28.8. The average Bonchev–Trinajstić information content (AvgIpc) is 3.97. The Morgan fingerprint density at radius 2 is 0.988 bits per heavy atom. The number of primary amides is 1. The van der Waals surface area contributed by atoms with Crippen LogP contribution in [0.15, 0.2) is 17.5 Å². The number of carbonyl (C=O) groups is 5. The van der Waals surface area contributed by atoms with E-state index in [1.807, 2.05) is 27.7 Å². The second kappa shape index (κ2) is 67.1. The number of nitrogens with zero attached hydrogens (tertiary/aromatic N) is 2. The number of aromatic nitrogens is 2. The van der Waals surface area contributed by atoms with Crippen LogP contribution in [0, 0.1) is 0 Å². The van der Waals surface area contributed by atoms with E-state index in [0.717, 1.165) is 57.6 Å². The first-order chi connectivity index (χ1) is 38.9. The van der Waals surface area contributed by atoms with Crippen molar-refractivity contribution in [3.8, 4) is 0 Å². The Labute approximate surface area is 488 Å². The number of carboxylic acid groups (broad SMARTS) is 4. The Balaban J connectivity index is -0.000000213. The van der Waals surface area contributed by atoms with Gasteiger partial charge in [0.05, 0.1) is 63.6 Å². The smallest absolute Gasteiger partial charge is 0.321 e. The molecule has 0 saturated heterocycles. The molecule has 0 fully saturated rings. The lowest BCUT2D eigenvalue weighted by Gasteiger charge is -2.16. The Morgan fingerprint density at radius 1 is 0.573 bits per heavy atom. The molecule has 0 aliphatic heterocycles. The number of H-pyrrole nitrogens is 1. The number of unbranched alkanes of at least 4 members (excludes halogenated alkanes) is 3. The predicted molar refractivity (Wildman–Crippen MR) is 318 cm³/mol. The third-order valence-electron chi connectivity index (χ3n) is 10.9. The van der Waals surface area contributed by atoms with Crippen LogP contribution < -0.4 is 44.2 Å². The number of nitrogens with one attached hydrogen (secondary N) is 5. The minimum atomic E-state index is -1.15. The summed E-state index contributed by atoms with van der Waals surface area (Å²) in [5.74, 6) is -4.54. The molecule has 1 aromatic rings. The van der Waals surface area contributed by atoms with Crippen LogP contribution in [0.5, 0.6) is 0 Å². The van der Waals surface area contributed by atoms with Crippen LogP contribution in [-0.4, -0.2) is 226 Å². The summed E-state index contributed by atoms with van der Waals surface area (Å²) >= 11 is 0. The number of imidazole rings is 1. The number of aliphatic hydroxyl groups is 5. The van der Waals surface area contributed by atoms with Gasteiger partial charge in [-0.1, -0.05) is 81.1 Å². The van der Waals surface area contributed by atoms with Gasteiger partial charge in [0.2, 0.25) is 5.91 Å². The number of rotatable bonds is 43. The maximum Gasteiger partial charge on any atom is 0.321 e. The van der Waals surface area contributed by atoms with Crippen molar-refractivity contribution < 1.29 is 84.1 Å². The minimum absolute atomic E-state index is 0.00578. The van der Waals surface area contributed by atoms with E-state index in [9.17, 15) is 39.3 Å². The molecule has 1 rings (SSSR count). The number of aliphatic carboxylic acids is 4. The standard InChI is InChI=1S/C11H24N2O3.C10H22N4O3.C10H17N3O3.C8H16N2O4.C6H14O2.C5H12O2.C4H10/c1-2-9(14)8-13-10(11(15)16)6-4-3-5-7-12;1-2-7(15)6-14-8(9(16)17)4-3-5-13-10(11)12;1-2-8(14)5-12-9(10(15)16)3-7-4-11-6-13-7;1-2-5(11)4-10-6(8(13)14)3-7(9)12;1-3-4-8-6-5-7-2;1-2-4-7-5-3-6;1-3-4-2/h9-10,13-14H,2-8,12H2,1H3,(H,15,16);7-8,14-15H,2-6H2,1H3,(H,16,17)(H4,11,12,13);4,6,8-9,12,14H,2-3,5H2,1H3,(H,11,13)(H,15,16);5-6,10-11H,2-4H2,1H3,(H2,9,12)(H,13,14);3-6H2,1-2H3;6H,2-5H2,1H3;3-4H2,1-2H3. The number of carbonyl (C=O) groups excluding carboxylic acids is 1. The molecule has 0 radical (unpaired) electrons. The number of guanidine groups is 1. The summed E-state index contributed by atoms with van der Waals surface area (Å²) in [5, 5.41) is 91.9. The van der Waals surface area contributed by atoms with E-state index in [0.29, 0.717) is 84.2 Å². The molecule has 0 aliphatic rings. The lowest BCUT2D eigenvalue weighted by atomic mass is 10.1. The number of aromatic amines is 1. The van der Waals surface area contributed by atoms with Gasteiger partial charge >= 0.3 is 23.9 Å². The Bertz CT molecular complexity index is 1580. The van der Waals surface area contributed by atoms with E-state index in [4.69, 9.17) is 67.8 Å². The Kier molecular flexibility index (Phi) is 72.4. The summed E-state index contributed by atoms with van der Waals surface area (Å²) in [6.07, 6.45) is 12.5. The fourth-order valence-corrected chi connectivity index (χ4v) is 5.50. The van der Waals surface area contributed by atoms with Crippen molar-refractivity contribution >= 4 is 35.7 Å². The van der Waals surface area contributed by atoms with Crippen molar-refractivity contribution in [1.29, 1.82) is 0 Å². The maximum atomic E-state index is 10.9. The van der Waals surface area contributed by atoms with Gasteiger partial charge in [0.25, 0.3) is 0 Å². The zero-order valence-electron chi connectivity index (χ0n) is 51.1. The third-order valence-corrected chi connectivity index (χ3v) is 10.9. The maximum absolute atomic E-state index is 10.9. The highest BCUT2D eigenvalue weighted by Crippen LogP contribution is 2.05. The van der Waals surface area contributed by atoms with Crippen molar-refractivity contribution in [2.24, 2.45) is 27.9 Å². The minimum Gasteiger partial charge on any atom is -0.480 e.